The normalized spacial score (nSPS) is 46.7. The third kappa shape index (κ3) is 0.692. The van der Waals surface area contributed by atoms with Gasteiger partial charge in [-0.1, -0.05) is 0 Å². The summed E-state index contributed by atoms with van der Waals surface area (Å²) in [5, 5.41) is 3.27. The van der Waals surface area contributed by atoms with Gasteiger partial charge in [0.05, 0.1) is 12.5 Å². The number of hydrogen-bond donors (Lipinski definition) is 1. The molecule has 64 valence electrons. The van der Waals surface area contributed by atoms with Gasteiger partial charge in [-0.25, -0.2) is 0 Å². The van der Waals surface area contributed by atoms with Crippen LogP contribution in [0.4, 0.5) is 0 Å². The molecule has 1 unspecified atom stereocenters. The molecule has 3 nitrogen and oxygen atoms in total. The molecule has 2 fully saturated rings. The molecule has 1 heterocycles. The van der Waals surface area contributed by atoms with Crippen molar-refractivity contribution < 1.29 is 11.0 Å². The fraction of sp³-hybridized carbons (Fsp3) is 0.875. The van der Waals surface area contributed by atoms with Crippen LogP contribution in [-0.4, -0.2) is 25.7 Å². The van der Waals surface area contributed by atoms with Gasteiger partial charge in [0.1, 0.15) is 0 Å². The first-order valence-corrected chi connectivity index (χ1v) is 4.03. The number of rotatable bonds is 1. The third-order valence-corrected chi connectivity index (χ3v) is 3.16. The monoisotopic (exact) mass is 157 g/mol. The summed E-state index contributed by atoms with van der Waals surface area (Å²) in [5.74, 6) is 0.518. The summed E-state index contributed by atoms with van der Waals surface area (Å²) in [6, 6.07) is 0.306. The maximum absolute atomic E-state index is 11.3. The zero-order valence-corrected chi connectivity index (χ0v) is 6.89. The Bertz CT molecular complexity index is 209. The Hall–Kier alpha value is -0.570. The maximum Gasteiger partial charge on any atom is 0.313 e. The van der Waals surface area contributed by atoms with Crippen LogP contribution >= 0.6 is 0 Å². The van der Waals surface area contributed by atoms with Crippen LogP contribution in [0, 0.1) is 11.3 Å². The second kappa shape index (κ2) is 1.97. The fourth-order valence-electron chi connectivity index (χ4n) is 2.25. The molecule has 1 saturated carbocycles. The third-order valence-electron chi connectivity index (χ3n) is 3.16. The van der Waals surface area contributed by atoms with Gasteiger partial charge < -0.3 is 10.1 Å². The number of hydrogen-bond acceptors (Lipinski definition) is 3. The van der Waals surface area contributed by atoms with Gasteiger partial charge in [-0.05, 0) is 25.8 Å². The minimum absolute atomic E-state index is 0. The second-order valence-corrected chi connectivity index (χ2v) is 3.56. The van der Waals surface area contributed by atoms with E-state index in [1.54, 1.807) is 0 Å². The number of fused-ring (bicyclic) bond motifs is 1. The standard InChI is InChI=1S/C8H13NO2.H2/c1-5-8(7(10)11-2)3-6(8)4-9-5;/h5-6,9H,3-4H2,1-2H3;1H/t5-,6?,8-;/m1./s1. The Morgan fingerprint density at radius 3 is 2.91 bits per heavy atom. The van der Waals surface area contributed by atoms with Gasteiger partial charge in [0.2, 0.25) is 0 Å². The zero-order chi connectivity index (χ0) is 8.06. The van der Waals surface area contributed by atoms with Gasteiger partial charge >= 0.3 is 5.97 Å². The van der Waals surface area contributed by atoms with E-state index < -0.39 is 0 Å². The SMILES string of the molecule is COC(=O)[C@@]12CC1CN[C@@H]2C.[HH]. The molecule has 11 heavy (non-hydrogen) atoms. The van der Waals surface area contributed by atoms with Crippen molar-refractivity contribution in [2.24, 2.45) is 11.3 Å². The summed E-state index contributed by atoms with van der Waals surface area (Å²) in [6.07, 6.45) is 1.02. The van der Waals surface area contributed by atoms with E-state index in [0.29, 0.717) is 12.0 Å². The van der Waals surface area contributed by atoms with Crippen LogP contribution in [0.15, 0.2) is 0 Å². The lowest BCUT2D eigenvalue weighted by Crippen LogP contribution is -2.34. The molecule has 1 saturated heterocycles. The molecule has 0 amide bonds. The number of esters is 1. The molecule has 0 radical (unpaired) electrons. The number of piperidine rings is 1. The average molecular weight is 157 g/mol. The zero-order valence-electron chi connectivity index (χ0n) is 6.89. The van der Waals surface area contributed by atoms with Crippen molar-refractivity contribution in [2.75, 3.05) is 13.7 Å². The van der Waals surface area contributed by atoms with Gasteiger partial charge in [-0.3, -0.25) is 4.79 Å². The largest absolute Gasteiger partial charge is 0.469 e. The van der Waals surface area contributed by atoms with E-state index in [2.05, 4.69) is 12.2 Å². The average Bonchev–Trinajstić information content (AvgIpc) is 2.68. The van der Waals surface area contributed by atoms with Crippen LogP contribution in [-0.2, 0) is 9.53 Å². The topological polar surface area (TPSA) is 38.3 Å². The molecule has 0 aromatic rings. The van der Waals surface area contributed by atoms with Crippen molar-refractivity contribution in [3.8, 4) is 0 Å². The number of nitrogens with one attached hydrogen (secondary N) is 1. The number of carbonyl (C=O) groups excluding carboxylic acids is 1. The van der Waals surface area contributed by atoms with Crippen molar-refractivity contribution in [1.29, 1.82) is 0 Å². The van der Waals surface area contributed by atoms with E-state index in [9.17, 15) is 4.79 Å². The van der Waals surface area contributed by atoms with Gasteiger partial charge in [0, 0.05) is 7.47 Å². The van der Waals surface area contributed by atoms with Crippen LogP contribution in [0.25, 0.3) is 0 Å². The number of methoxy groups -OCH3 is 1. The summed E-state index contributed by atoms with van der Waals surface area (Å²) >= 11 is 0. The lowest BCUT2D eigenvalue weighted by Gasteiger charge is -2.16. The lowest BCUT2D eigenvalue weighted by atomic mass is 9.99. The van der Waals surface area contributed by atoms with E-state index in [1.165, 1.54) is 7.11 Å². The smallest absolute Gasteiger partial charge is 0.313 e. The molecule has 2 aliphatic rings. The fourth-order valence-corrected chi connectivity index (χ4v) is 2.25. The maximum atomic E-state index is 11.3. The van der Waals surface area contributed by atoms with Gasteiger partial charge in [-0.2, -0.15) is 0 Å². The van der Waals surface area contributed by atoms with Crippen LogP contribution < -0.4 is 5.32 Å². The highest BCUT2D eigenvalue weighted by molar-refractivity contribution is 5.82. The van der Waals surface area contributed by atoms with Crippen molar-refractivity contribution >= 4 is 5.97 Å². The highest BCUT2D eigenvalue weighted by Crippen LogP contribution is 2.58. The van der Waals surface area contributed by atoms with Gasteiger partial charge in [0.25, 0.3) is 0 Å². The van der Waals surface area contributed by atoms with E-state index in [0.717, 1.165) is 13.0 Å². The Morgan fingerprint density at radius 2 is 2.55 bits per heavy atom. The van der Waals surface area contributed by atoms with Gasteiger partial charge in [0.15, 0.2) is 0 Å². The minimum Gasteiger partial charge on any atom is -0.469 e. The first kappa shape index (κ1) is 7.10. The predicted octanol–water partition coefficient (Wildman–Crippen LogP) is 0.403. The molecule has 0 bridgehead atoms. The molecular weight excluding hydrogens is 142 g/mol. The summed E-state index contributed by atoms with van der Waals surface area (Å²) in [7, 11) is 1.47. The van der Waals surface area contributed by atoms with Crippen molar-refractivity contribution in [3.63, 3.8) is 0 Å². The number of ether oxygens (including phenoxy) is 1. The van der Waals surface area contributed by atoms with Crippen molar-refractivity contribution in [1.82, 2.24) is 5.32 Å². The predicted molar refractivity (Wildman–Crippen MR) is 42.1 cm³/mol. The molecule has 1 aliphatic carbocycles. The Balaban J connectivity index is 0.000000720. The molecule has 1 N–H and O–H groups in total. The van der Waals surface area contributed by atoms with E-state index >= 15 is 0 Å². The van der Waals surface area contributed by atoms with Gasteiger partial charge in [-0.15, -0.1) is 0 Å². The lowest BCUT2D eigenvalue weighted by molar-refractivity contribution is -0.147. The summed E-state index contributed by atoms with van der Waals surface area (Å²) < 4.78 is 4.77. The Kier molecular flexibility index (Phi) is 1.27. The molecule has 3 atom stereocenters. The summed E-state index contributed by atoms with van der Waals surface area (Å²) in [6.45, 7) is 3.04. The first-order valence-electron chi connectivity index (χ1n) is 4.03. The number of carbonyl (C=O) groups is 1. The van der Waals surface area contributed by atoms with Crippen LogP contribution in [0.2, 0.25) is 0 Å². The second-order valence-electron chi connectivity index (χ2n) is 3.56. The highest BCUT2D eigenvalue weighted by Gasteiger charge is 2.67. The van der Waals surface area contributed by atoms with Crippen molar-refractivity contribution in [2.45, 2.75) is 19.4 Å². The van der Waals surface area contributed by atoms with Crippen LogP contribution in [0.1, 0.15) is 14.8 Å². The van der Waals surface area contributed by atoms with E-state index in [1.807, 2.05) is 0 Å². The molecule has 0 aromatic carbocycles. The minimum atomic E-state index is -0.144. The quantitative estimate of drug-likeness (QED) is 0.560. The van der Waals surface area contributed by atoms with Crippen LogP contribution in [0.3, 0.4) is 0 Å². The van der Waals surface area contributed by atoms with E-state index in [-0.39, 0.29) is 12.8 Å². The molecule has 0 aromatic heterocycles. The molecular formula is C8H15NO2. The summed E-state index contributed by atoms with van der Waals surface area (Å²) in [4.78, 5) is 11.3. The highest BCUT2D eigenvalue weighted by atomic mass is 16.5. The molecule has 0 spiro atoms. The van der Waals surface area contributed by atoms with E-state index in [4.69, 9.17) is 4.74 Å². The summed E-state index contributed by atoms with van der Waals surface area (Å²) in [5.41, 5.74) is -0.144. The Labute approximate surface area is 67.6 Å². The Morgan fingerprint density at radius 1 is 1.82 bits per heavy atom. The molecule has 1 aliphatic heterocycles. The molecule has 2 rings (SSSR count). The first-order chi connectivity index (χ1) is 5.21. The van der Waals surface area contributed by atoms with Crippen LogP contribution in [0.5, 0.6) is 0 Å². The van der Waals surface area contributed by atoms with Crippen molar-refractivity contribution in [3.05, 3.63) is 0 Å². The molecule has 3 heteroatoms.